The lowest BCUT2D eigenvalue weighted by Gasteiger charge is -2.10. The molecule has 1 heterocycles. The van der Waals surface area contributed by atoms with E-state index in [-0.39, 0.29) is 5.91 Å². The Bertz CT molecular complexity index is 958. The summed E-state index contributed by atoms with van der Waals surface area (Å²) in [6.07, 6.45) is 1.64. The van der Waals surface area contributed by atoms with Gasteiger partial charge in [0.15, 0.2) is 17.3 Å². The number of carbonyl (C=O) groups excluding carboxylic acids is 1. The zero-order valence-electron chi connectivity index (χ0n) is 16.2. The Hall–Kier alpha value is -2.95. The topological polar surface area (TPSA) is 60.7 Å². The molecule has 27 heavy (non-hydrogen) atoms. The second-order valence-corrected chi connectivity index (χ2v) is 6.44. The standard InChI is InChI=1S/C22H25NO4/c1-5-15-6-8-18-17(12-15)14(2)21(27-18)22(24)23-11-10-16-7-9-19(25-3)20(13-16)26-4/h6-9,12-13H,5,10-11H2,1-4H3,(H,23,24). The molecule has 3 rings (SSSR count). The molecule has 0 radical (unpaired) electrons. The van der Waals surface area contributed by atoms with E-state index in [2.05, 4.69) is 18.3 Å². The second-order valence-electron chi connectivity index (χ2n) is 6.44. The maximum atomic E-state index is 12.6. The van der Waals surface area contributed by atoms with E-state index in [0.717, 1.165) is 28.5 Å². The van der Waals surface area contributed by atoms with Crippen molar-refractivity contribution in [1.82, 2.24) is 5.32 Å². The van der Waals surface area contributed by atoms with Gasteiger partial charge in [0, 0.05) is 17.5 Å². The van der Waals surface area contributed by atoms with Crippen molar-refractivity contribution in [1.29, 1.82) is 0 Å². The van der Waals surface area contributed by atoms with Crippen LogP contribution >= 0.6 is 0 Å². The number of benzene rings is 2. The third kappa shape index (κ3) is 3.92. The first-order valence-corrected chi connectivity index (χ1v) is 9.08. The third-order valence-corrected chi connectivity index (χ3v) is 4.76. The highest BCUT2D eigenvalue weighted by molar-refractivity contribution is 5.99. The number of furan rings is 1. The van der Waals surface area contributed by atoms with Crippen LogP contribution in [0.1, 0.15) is 34.2 Å². The molecule has 0 aliphatic carbocycles. The number of amides is 1. The Morgan fingerprint density at radius 2 is 1.78 bits per heavy atom. The van der Waals surface area contributed by atoms with Crippen LogP contribution in [-0.4, -0.2) is 26.7 Å². The highest BCUT2D eigenvalue weighted by atomic mass is 16.5. The fraction of sp³-hybridized carbons (Fsp3) is 0.318. The smallest absolute Gasteiger partial charge is 0.287 e. The summed E-state index contributed by atoms with van der Waals surface area (Å²) in [5, 5.41) is 3.94. The molecular weight excluding hydrogens is 342 g/mol. The zero-order valence-corrected chi connectivity index (χ0v) is 16.2. The molecule has 5 heteroatoms. The van der Waals surface area contributed by atoms with E-state index in [1.54, 1.807) is 14.2 Å². The molecular formula is C22H25NO4. The minimum Gasteiger partial charge on any atom is -0.493 e. The number of carbonyl (C=O) groups is 1. The van der Waals surface area contributed by atoms with Crippen molar-refractivity contribution in [2.45, 2.75) is 26.7 Å². The van der Waals surface area contributed by atoms with Crippen LogP contribution in [-0.2, 0) is 12.8 Å². The van der Waals surface area contributed by atoms with Crippen molar-refractivity contribution in [2.24, 2.45) is 0 Å². The number of hydrogen-bond acceptors (Lipinski definition) is 4. The van der Waals surface area contributed by atoms with Gasteiger partial charge in [-0.25, -0.2) is 0 Å². The van der Waals surface area contributed by atoms with Gasteiger partial charge >= 0.3 is 0 Å². The Labute approximate surface area is 159 Å². The molecule has 0 atom stereocenters. The summed E-state index contributed by atoms with van der Waals surface area (Å²) in [5.41, 5.74) is 3.91. The van der Waals surface area contributed by atoms with Gasteiger partial charge in [-0.15, -0.1) is 0 Å². The van der Waals surface area contributed by atoms with Gasteiger partial charge < -0.3 is 19.2 Å². The van der Waals surface area contributed by atoms with E-state index in [1.165, 1.54) is 5.56 Å². The Kier molecular flexibility index (Phi) is 5.69. The minimum absolute atomic E-state index is 0.192. The van der Waals surface area contributed by atoms with Gasteiger partial charge in [0.1, 0.15) is 5.58 Å². The van der Waals surface area contributed by atoms with Crippen LogP contribution in [0.2, 0.25) is 0 Å². The number of fused-ring (bicyclic) bond motifs is 1. The lowest BCUT2D eigenvalue weighted by molar-refractivity contribution is 0.0928. The van der Waals surface area contributed by atoms with E-state index >= 15 is 0 Å². The monoisotopic (exact) mass is 367 g/mol. The van der Waals surface area contributed by atoms with Crippen LogP contribution in [0, 0.1) is 6.92 Å². The first-order valence-electron chi connectivity index (χ1n) is 9.08. The van der Waals surface area contributed by atoms with Gasteiger partial charge in [-0.05, 0) is 55.2 Å². The van der Waals surface area contributed by atoms with Gasteiger partial charge in [-0.2, -0.15) is 0 Å². The van der Waals surface area contributed by atoms with Gasteiger partial charge in [-0.3, -0.25) is 4.79 Å². The maximum absolute atomic E-state index is 12.6. The molecule has 3 aromatic rings. The van der Waals surface area contributed by atoms with Crippen LogP contribution < -0.4 is 14.8 Å². The van der Waals surface area contributed by atoms with Crippen LogP contribution in [0.4, 0.5) is 0 Å². The molecule has 0 unspecified atom stereocenters. The first kappa shape index (κ1) is 18.8. The quantitative estimate of drug-likeness (QED) is 0.677. The lowest BCUT2D eigenvalue weighted by atomic mass is 10.1. The van der Waals surface area contributed by atoms with E-state index in [9.17, 15) is 4.79 Å². The van der Waals surface area contributed by atoms with E-state index < -0.39 is 0 Å². The van der Waals surface area contributed by atoms with Gasteiger partial charge in [0.05, 0.1) is 14.2 Å². The van der Waals surface area contributed by atoms with Crippen molar-refractivity contribution in [3.05, 3.63) is 58.8 Å². The van der Waals surface area contributed by atoms with E-state index in [0.29, 0.717) is 30.2 Å². The predicted molar refractivity (Wildman–Crippen MR) is 106 cm³/mol. The first-order chi connectivity index (χ1) is 13.1. The number of methoxy groups -OCH3 is 2. The number of nitrogens with one attached hydrogen (secondary N) is 1. The molecule has 1 aromatic heterocycles. The molecule has 5 nitrogen and oxygen atoms in total. The van der Waals surface area contributed by atoms with Crippen LogP contribution in [0.25, 0.3) is 11.0 Å². The number of hydrogen-bond donors (Lipinski definition) is 1. The maximum Gasteiger partial charge on any atom is 0.287 e. The summed E-state index contributed by atoms with van der Waals surface area (Å²) in [5.74, 6) is 1.56. The average molecular weight is 367 g/mol. The lowest BCUT2D eigenvalue weighted by Crippen LogP contribution is -2.25. The molecule has 1 amide bonds. The summed E-state index contributed by atoms with van der Waals surface area (Å²) in [4.78, 5) is 12.6. The van der Waals surface area contributed by atoms with E-state index in [1.807, 2.05) is 37.3 Å². The minimum atomic E-state index is -0.192. The summed E-state index contributed by atoms with van der Waals surface area (Å²) in [7, 11) is 3.22. The summed E-state index contributed by atoms with van der Waals surface area (Å²) in [6.45, 7) is 4.54. The fourth-order valence-corrected chi connectivity index (χ4v) is 3.14. The molecule has 0 spiro atoms. The van der Waals surface area contributed by atoms with Crippen molar-refractivity contribution in [3.8, 4) is 11.5 Å². The number of rotatable bonds is 7. The molecule has 0 saturated heterocycles. The third-order valence-electron chi connectivity index (χ3n) is 4.76. The fourth-order valence-electron chi connectivity index (χ4n) is 3.14. The Balaban J connectivity index is 1.68. The summed E-state index contributed by atoms with van der Waals surface area (Å²) < 4.78 is 16.3. The van der Waals surface area contributed by atoms with Gasteiger partial charge in [0.25, 0.3) is 5.91 Å². The molecule has 0 saturated carbocycles. The van der Waals surface area contributed by atoms with Crippen LogP contribution in [0.5, 0.6) is 11.5 Å². The second kappa shape index (κ2) is 8.16. The molecule has 0 aliphatic rings. The van der Waals surface area contributed by atoms with Crippen molar-refractivity contribution >= 4 is 16.9 Å². The summed E-state index contributed by atoms with van der Waals surface area (Å²) >= 11 is 0. The highest BCUT2D eigenvalue weighted by Gasteiger charge is 2.17. The predicted octanol–water partition coefficient (Wildman–Crippen LogP) is 4.29. The SMILES string of the molecule is CCc1ccc2oc(C(=O)NCCc3ccc(OC)c(OC)c3)c(C)c2c1. The molecule has 0 bridgehead atoms. The number of aryl methyl sites for hydroxylation is 2. The van der Waals surface area contributed by atoms with Crippen LogP contribution in [0.3, 0.4) is 0 Å². The van der Waals surface area contributed by atoms with Gasteiger partial charge in [-0.1, -0.05) is 19.1 Å². The molecule has 0 fully saturated rings. The molecule has 142 valence electrons. The van der Waals surface area contributed by atoms with Crippen molar-refractivity contribution in [3.63, 3.8) is 0 Å². The Morgan fingerprint density at radius 3 is 2.48 bits per heavy atom. The van der Waals surface area contributed by atoms with Crippen molar-refractivity contribution < 1.29 is 18.7 Å². The molecule has 1 N–H and O–H groups in total. The number of ether oxygens (including phenoxy) is 2. The zero-order chi connectivity index (χ0) is 19.4. The van der Waals surface area contributed by atoms with Crippen molar-refractivity contribution in [2.75, 3.05) is 20.8 Å². The van der Waals surface area contributed by atoms with E-state index in [4.69, 9.17) is 13.9 Å². The summed E-state index contributed by atoms with van der Waals surface area (Å²) in [6, 6.07) is 11.8. The normalized spacial score (nSPS) is 10.8. The highest BCUT2D eigenvalue weighted by Crippen LogP contribution is 2.28. The molecule has 0 aliphatic heterocycles. The van der Waals surface area contributed by atoms with Gasteiger partial charge in [0.2, 0.25) is 0 Å². The Morgan fingerprint density at radius 1 is 1.04 bits per heavy atom. The largest absolute Gasteiger partial charge is 0.493 e. The molecule has 2 aromatic carbocycles. The average Bonchev–Trinajstić information content (AvgIpc) is 3.03. The van der Waals surface area contributed by atoms with Crippen LogP contribution in [0.15, 0.2) is 40.8 Å².